The molecule has 68 valence electrons. The topological polar surface area (TPSA) is 3.24 Å². The Morgan fingerprint density at radius 1 is 1.15 bits per heavy atom. The van der Waals surface area contributed by atoms with Crippen LogP contribution in [0.2, 0.25) is 0 Å². The van der Waals surface area contributed by atoms with Crippen molar-refractivity contribution in [3.63, 3.8) is 0 Å². The molecule has 0 atom stereocenters. The van der Waals surface area contributed by atoms with E-state index in [1.54, 1.807) is 16.8 Å². The Kier molecular flexibility index (Phi) is 1.43. The van der Waals surface area contributed by atoms with Crippen LogP contribution in [0.4, 0.5) is 5.69 Å². The maximum atomic E-state index is 2.57. The molecular weight excluding hydrogens is 158 g/mol. The highest BCUT2D eigenvalue weighted by atomic mass is 15.2. The minimum atomic E-state index is 1.26. The summed E-state index contributed by atoms with van der Waals surface area (Å²) in [6.07, 6.45) is 3.91. The van der Waals surface area contributed by atoms with E-state index in [1.807, 2.05) is 0 Å². The zero-order chi connectivity index (χ0) is 8.84. The first kappa shape index (κ1) is 7.43. The molecule has 0 bridgehead atoms. The van der Waals surface area contributed by atoms with Crippen LogP contribution in [0.1, 0.15) is 23.1 Å². The van der Waals surface area contributed by atoms with E-state index in [2.05, 4.69) is 24.0 Å². The molecule has 1 aromatic carbocycles. The molecule has 3 rings (SSSR count). The fourth-order valence-electron chi connectivity index (χ4n) is 2.74. The normalized spacial score (nSPS) is 19.0. The monoisotopic (exact) mass is 173 g/mol. The van der Waals surface area contributed by atoms with Gasteiger partial charge in [0.25, 0.3) is 0 Å². The summed E-state index contributed by atoms with van der Waals surface area (Å²) in [6, 6.07) is 4.62. The molecule has 1 aromatic rings. The molecule has 0 aromatic heterocycles. The molecule has 0 unspecified atom stereocenters. The predicted octanol–water partition coefficient (Wildman–Crippen LogP) is 2.30. The van der Waals surface area contributed by atoms with Gasteiger partial charge in [-0.25, -0.2) is 0 Å². The van der Waals surface area contributed by atoms with E-state index in [1.165, 1.54) is 37.9 Å². The highest BCUT2D eigenvalue weighted by Gasteiger charge is 2.25. The van der Waals surface area contributed by atoms with Crippen molar-refractivity contribution in [3.05, 3.63) is 28.8 Å². The maximum absolute atomic E-state index is 2.57. The Labute approximate surface area is 79.4 Å². The van der Waals surface area contributed by atoms with Gasteiger partial charge >= 0.3 is 0 Å². The smallest absolute Gasteiger partial charge is 0.0434 e. The Morgan fingerprint density at radius 2 is 2.08 bits per heavy atom. The van der Waals surface area contributed by atoms with E-state index in [0.717, 1.165) is 0 Å². The summed E-state index contributed by atoms with van der Waals surface area (Å²) in [7, 11) is 0. The summed E-state index contributed by atoms with van der Waals surface area (Å²) in [6.45, 7) is 4.78. The van der Waals surface area contributed by atoms with E-state index in [9.17, 15) is 0 Å². The van der Waals surface area contributed by atoms with Crippen LogP contribution in [0.15, 0.2) is 12.1 Å². The van der Waals surface area contributed by atoms with Gasteiger partial charge in [-0.1, -0.05) is 12.1 Å². The van der Waals surface area contributed by atoms with Crippen molar-refractivity contribution >= 4 is 5.69 Å². The molecule has 0 N–H and O–H groups in total. The molecule has 13 heavy (non-hydrogen) atoms. The quantitative estimate of drug-likeness (QED) is 0.582. The van der Waals surface area contributed by atoms with Gasteiger partial charge in [-0.2, -0.15) is 0 Å². The van der Waals surface area contributed by atoms with Crippen molar-refractivity contribution < 1.29 is 0 Å². The molecule has 0 saturated heterocycles. The van der Waals surface area contributed by atoms with Crippen molar-refractivity contribution in [1.82, 2.24) is 0 Å². The average Bonchev–Trinajstić information content (AvgIpc) is 2.57. The number of aryl methyl sites for hydroxylation is 2. The zero-order valence-corrected chi connectivity index (χ0v) is 8.14. The molecule has 2 aliphatic heterocycles. The summed E-state index contributed by atoms with van der Waals surface area (Å²) >= 11 is 0. The van der Waals surface area contributed by atoms with E-state index in [-0.39, 0.29) is 0 Å². The summed E-state index contributed by atoms with van der Waals surface area (Å²) in [5.41, 5.74) is 6.29. The largest absolute Gasteiger partial charge is 0.371 e. The Hall–Kier alpha value is -0.980. The van der Waals surface area contributed by atoms with Crippen LogP contribution in [0.25, 0.3) is 0 Å². The van der Waals surface area contributed by atoms with Crippen LogP contribution in [0.5, 0.6) is 0 Å². The Morgan fingerprint density at radius 3 is 3.00 bits per heavy atom. The average molecular weight is 173 g/mol. The number of rotatable bonds is 0. The van der Waals surface area contributed by atoms with E-state index in [0.29, 0.717) is 0 Å². The third-order valence-corrected chi connectivity index (χ3v) is 3.42. The molecule has 0 fully saturated rings. The van der Waals surface area contributed by atoms with Gasteiger partial charge in [-0.3, -0.25) is 0 Å². The third-order valence-electron chi connectivity index (χ3n) is 3.42. The van der Waals surface area contributed by atoms with Crippen LogP contribution in [0.3, 0.4) is 0 Å². The molecule has 0 spiro atoms. The lowest BCUT2D eigenvalue weighted by molar-refractivity contribution is 0.719. The Bertz CT molecular complexity index is 354. The molecule has 0 radical (unpaired) electrons. The van der Waals surface area contributed by atoms with Crippen LogP contribution in [-0.4, -0.2) is 13.1 Å². The summed E-state index contributed by atoms with van der Waals surface area (Å²) in [5, 5.41) is 0. The fraction of sp³-hybridized carbons (Fsp3) is 0.500. The SMILES string of the molecule is Cc1ccc2c3c1CCN3CCC2. The number of hydrogen-bond donors (Lipinski definition) is 0. The fourth-order valence-corrected chi connectivity index (χ4v) is 2.74. The first-order valence-corrected chi connectivity index (χ1v) is 5.22. The standard InChI is InChI=1S/C12H15N/c1-9-4-5-10-3-2-7-13-8-6-11(9)12(10)13/h4-5H,2-3,6-8H2,1H3. The maximum Gasteiger partial charge on any atom is 0.0434 e. The number of anilines is 1. The second-order valence-corrected chi connectivity index (χ2v) is 4.21. The summed E-state index contributed by atoms with van der Waals surface area (Å²) in [4.78, 5) is 2.57. The van der Waals surface area contributed by atoms with Gasteiger partial charge < -0.3 is 4.90 Å². The molecule has 0 amide bonds. The van der Waals surface area contributed by atoms with Crippen molar-refractivity contribution in [2.75, 3.05) is 18.0 Å². The van der Waals surface area contributed by atoms with Crippen molar-refractivity contribution in [3.8, 4) is 0 Å². The van der Waals surface area contributed by atoms with Gasteiger partial charge in [0.1, 0.15) is 0 Å². The highest BCUT2D eigenvalue weighted by molar-refractivity contribution is 5.66. The highest BCUT2D eigenvalue weighted by Crippen LogP contribution is 2.37. The lowest BCUT2D eigenvalue weighted by Crippen LogP contribution is -2.26. The van der Waals surface area contributed by atoms with Crippen LogP contribution >= 0.6 is 0 Å². The number of hydrogen-bond acceptors (Lipinski definition) is 1. The molecule has 2 aliphatic rings. The molecule has 1 heteroatoms. The minimum Gasteiger partial charge on any atom is -0.371 e. The summed E-state index contributed by atoms with van der Waals surface area (Å²) in [5.74, 6) is 0. The molecule has 0 aliphatic carbocycles. The lowest BCUT2D eigenvalue weighted by Gasteiger charge is -2.27. The second-order valence-electron chi connectivity index (χ2n) is 4.21. The van der Waals surface area contributed by atoms with Gasteiger partial charge in [-0.05, 0) is 42.9 Å². The summed E-state index contributed by atoms with van der Waals surface area (Å²) < 4.78 is 0. The van der Waals surface area contributed by atoms with Crippen molar-refractivity contribution in [2.24, 2.45) is 0 Å². The Balaban J connectivity index is 2.25. The first-order chi connectivity index (χ1) is 6.36. The van der Waals surface area contributed by atoms with Gasteiger partial charge in [-0.15, -0.1) is 0 Å². The molecular formula is C12H15N. The number of benzene rings is 1. The lowest BCUT2D eigenvalue weighted by atomic mass is 9.97. The van der Waals surface area contributed by atoms with Gasteiger partial charge in [0.2, 0.25) is 0 Å². The first-order valence-electron chi connectivity index (χ1n) is 5.22. The third kappa shape index (κ3) is 0.932. The van der Waals surface area contributed by atoms with E-state index >= 15 is 0 Å². The van der Waals surface area contributed by atoms with Crippen LogP contribution in [0, 0.1) is 6.92 Å². The number of nitrogens with zero attached hydrogens (tertiary/aromatic N) is 1. The zero-order valence-electron chi connectivity index (χ0n) is 8.14. The van der Waals surface area contributed by atoms with Gasteiger partial charge in [0, 0.05) is 18.8 Å². The predicted molar refractivity (Wildman–Crippen MR) is 55.4 cm³/mol. The van der Waals surface area contributed by atoms with E-state index < -0.39 is 0 Å². The van der Waals surface area contributed by atoms with Crippen LogP contribution < -0.4 is 4.90 Å². The minimum absolute atomic E-state index is 1.26. The van der Waals surface area contributed by atoms with E-state index in [4.69, 9.17) is 0 Å². The van der Waals surface area contributed by atoms with Crippen molar-refractivity contribution in [1.29, 1.82) is 0 Å². The molecule has 1 nitrogen and oxygen atoms in total. The molecule has 2 heterocycles. The molecule has 0 saturated carbocycles. The van der Waals surface area contributed by atoms with Gasteiger partial charge in [0.15, 0.2) is 0 Å². The second kappa shape index (κ2) is 2.50. The van der Waals surface area contributed by atoms with Crippen LogP contribution in [-0.2, 0) is 12.8 Å². The van der Waals surface area contributed by atoms with Crippen molar-refractivity contribution in [2.45, 2.75) is 26.2 Å². The van der Waals surface area contributed by atoms with Gasteiger partial charge in [0.05, 0.1) is 0 Å².